The number of carbonyl (C=O) groups excluding carboxylic acids is 2. The zero-order valence-electron chi connectivity index (χ0n) is 18.2. The van der Waals surface area contributed by atoms with E-state index in [0.717, 1.165) is 5.56 Å². The minimum absolute atomic E-state index is 0.0166. The number of benzene rings is 1. The standard InChI is InChI=1S/C20H29N3O8/c1-14(24)31-17(13-23(2,3)4)19(20(26)27)21-11-9-18(25)30-12-10-15-5-7-16(8-6-15)22(28)29/h5-8,17,19,21H,9-13H2,1-4H3/p+1. The molecule has 0 saturated heterocycles. The van der Waals surface area contributed by atoms with E-state index in [1.807, 2.05) is 21.1 Å². The highest BCUT2D eigenvalue weighted by Crippen LogP contribution is 2.12. The molecule has 0 spiro atoms. The highest BCUT2D eigenvalue weighted by Gasteiger charge is 2.34. The lowest BCUT2D eigenvalue weighted by Crippen LogP contribution is -2.55. The predicted octanol–water partition coefficient (Wildman–Crippen LogP) is 0.751. The van der Waals surface area contributed by atoms with E-state index in [9.17, 15) is 29.6 Å². The number of nitro benzene ring substituents is 1. The van der Waals surface area contributed by atoms with E-state index in [1.54, 1.807) is 12.1 Å². The van der Waals surface area contributed by atoms with E-state index >= 15 is 0 Å². The number of carboxylic acids is 1. The van der Waals surface area contributed by atoms with Gasteiger partial charge in [0.05, 0.1) is 39.1 Å². The Hall–Kier alpha value is -3.05. The summed E-state index contributed by atoms with van der Waals surface area (Å²) in [6.07, 6.45) is -0.582. The number of hydrogen-bond acceptors (Lipinski definition) is 8. The molecule has 0 heterocycles. The largest absolute Gasteiger partial charge is 0.480 e. The zero-order chi connectivity index (χ0) is 23.6. The Morgan fingerprint density at radius 1 is 1.19 bits per heavy atom. The van der Waals surface area contributed by atoms with E-state index in [1.165, 1.54) is 19.1 Å². The molecule has 2 N–H and O–H groups in total. The molecule has 1 rings (SSSR count). The second-order valence-corrected chi connectivity index (χ2v) is 8.03. The van der Waals surface area contributed by atoms with Gasteiger partial charge in [0.2, 0.25) is 0 Å². The van der Waals surface area contributed by atoms with E-state index in [-0.39, 0.29) is 31.8 Å². The monoisotopic (exact) mass is 440 g/mol. The van der Waals surface area contributed by atoms with Crippen LogP contribution < -0.4 is 5.32 Å². The molecule has 31 heavy (non-hydrogen) atoms. The summed E-state index contributed by atoms with van der Waals surface area (Å²) in [4.78, 5) is 45.1. The van der Waals surface area contributed by atoms with E-state index in [2.05, 4.69) is 5.32 Å². The third-order valence-corrected chi connectivity index (χ3v) is 4.18. The molecule has 0 amide bonds. The number of aliphatic carboxylic acids is 1. The molecular formula is C20H30N3O8+. The van der Waals surface area contributed by atoms with Crippen LogP contribution in [0.15, 0.2) is 24.3 Å². The number of nitrogens with one attached hydrogen (secondary N) is 1. The number of quaternary nitrogens is 1. The van der Waals surface area contributed by atoms with Gasteiger partial charge in [-0.1, -0.05) is 12.1 Å². The van der Waals surface area contributed by atoms with Crippen LogP contribution in [0.25, 0.3) is 0 Å². The van der Waals surface area contributed by atoms with Gasteiger partial charge in [0.25, 0.3) is 5.69 Å². The number of ether oxygens (including phenoxy) is 2. The van der Waals surface area contributed by atoms with Crippen LogP contribution in [0.3, 0.4) is 0 Å². The molecule has 1 aromatic carbocycles. The van der Waals surface area contributed by atoms with Gasteiger partial charge in [-0.25, -0.2) is 0 Å². The third-order valence-electron chi connectivity index (χ3n) is 4.18. The van der Waals surface area contributed by atoms with Gasteiger partial charge >= 0.3 is 17.9 Å². The first-order valence-electron chi connectivity index (χ1n) is 9.72. The average Bonchev–Trinajstić information content (AvgIpc) is 2.63. The molecule has 1 aromatic rings. The van der Waals surface area contributed by atoms with E-state index < -0.39 is 35.0 Å². The van der Waals surface area contributed by atoms with Crippen molar-refractivity contribution in [3.05, 3.63) is 39.9 Å². The molecule has 0 aliphatic rings. The molecule has 2 unspecified atom stereocenters. The fourth-order valence-electron chi connectivity index (χ4n) is 2.81. The van der Waals surface area contributed by atoms with E-state index in [0.29, 0.717) is 10.9 Å². The normalized spacial score (nSPS) is 13.2. The number of carboxylic acid groups (broad SMARTS) is 1. The Labute approximate surface area is 180 Å². The van der Waals surface area contributed by atoms with Gasteiger partial charge < -0.3 is 24.4 Å². The Kier molecular flexibility index (Phi) is 10.0. The fourth-order valence-corrected chi connectivity index (χ4v) is 2.81. The Bertz CT molecular complexity index is 774. The van der Waals surface area contributed by atoms with Gasteiger partial charge in [-0.05, 0) is 5.56 Å². The van der Waals surface area contributed by atoms with E-state index in [4.69, 9.17) is 9.47 Å². The number of hydrogen-bond donors (Lipinski definition) is 2. The minimum Gasteiger partial charge on any atom is -0.480 e. The van der Waals surface area contributed by atoms with Crippen LogP contribution in [0.2, 0.25) is 0 Å². The maximum absolute atomic E-state index is 11.9. The number of esters is 2. The first kappa shape index (κ1) is 26.0. The number of nitrogens with zero attached hydrogens (tertiary/aromatic N) is 2. The molecule has 2 atom stereocenters. The Balaban J connectivity index is 2.49. The second-order valence-electron chi connectivity index (χ2n) is 8.03. The van der Waals surface area contributed by atoms with Crippen molar-refractivity contribution in [2.45, 2.75) is 31.9 Å². The summed E-state index contributed by atoms with van der Waals surface area (Å²) < 4.78 is 10.7. The fraction of sp³-hybridized carbons (Fsp3) is 0.550. The van der Waals surface area contributed by atoms with Crippen molar-refractivity contribution in [2.24, 2.45) is 0 Å². The van der Waals surface area contributed by atoms with Gasteiger partial charge in [-0.3, -0.25) is 24.5 Å². The van der Waals surface area contributed by atoms with Crippen molar-refractivity contribution in [3.8, 4) is 0 Å². The van der Waals surface area contributed by atoms with Crippen molar-refractivity contribution in [1.29, 1.82) is 0 Å². The maximum atomic E-state index is 11.9. The second kappa shape index (κ2) is 12.0. The summed E-state index contributed by atoms with van der Waals surface area (Å²) in [6, 6.07) is 4.77. The zero-order valence-corrected chi connectivity index (χ0v) is 18.2. The molecule has 0 fully saturated rings. The van der Waals surface area contributed by atoms with Crippen molar-refractivity contribution >= 4 is 23.6 Å². The molecular weight excluding hydrogens is 410 g/mol. The number of carbonyl (C=O) groups is 3. The summed E-state index contributed by atoms with van der Waals surface area (Å²) in [5.41, 5.74) is 0.768. The van der Waals surface area contributed by atoms with Crippen LogP contribution in [0.1, 0.15) is 18.9 Å². The molecule has 172 valence electrons. The number of nitro groups is 1. The van der Waals surface area contributed by atoms with Gasteiger partial charge in [0.15, 0.2) is 6.10 Å². The lowest BCUT2D eigenvalue weighted by molar-refractivity contribution is -0.873. The Morgan fingerprint density at radius 3 is 2.29 bits per heavy atom. The van der Waals surface area contributed by atoms with Crippen molar-refractivity contribution in [1.82, 2.24) is 5.32 Å². The summed E-state index contributed by atoms with van der Waals surface area (Å²) >= 11 is 0. The summed E-state index contributed by atoms with van der Waals surface area (Å²) in [5, 5.41) is 22.9. The van der Waals surface area contributed by atoms with Gasteiger partial charge in [-0.15, -0.1) is 0 Å². The van der Waals surface area contributed by atoms with Crippen LogP contribution in [0.4, 0.5) is 5.69 Å². The molecule has 11 heteroatoms. The third kappa shape index (κ3) is 10.5. The SMILES string of the molecule is CC(=O)OC(C[N+](C)(C)C)C(NCCC(=O)OCCc1ccc([N+](=O)[O-])cc1)C(=O)O. The van der Waals surface area contributed by atoms with Crippen molar-refractivity contribution < 1.29 is 38.4 Å². The molecule has 0 aliphatic carbocycles. The summed E-state index contributed by atoms with van der Waals surface area (Å²) in [7, 11) is 5.53. The number of non-ortho nitro benzene ring substituents is 1. The topological polar surface area (TPSA) is 145 Å². The molecule has 0 saturated carbocycles. The van der Waals surface area contributed by atoms with Crippen LogP contribution in [-0.4, -0.2) is 85.4 Å². The predicted molar refractivity (Wildman–Crippen MR) is 110 cm³/mol. The Morgan fingerprint density at radius 2 is 1.81 bits per heavy atom. The van der Waals surface area contributed by atoms with Gasteiger partial charge in [0, 0.05) is 32.0 Å². The van der Waals surface area contributed by atoms with Gasteiger partial charge in [-0.2, -0.15) is 0 Å². The number of rotatable bonds is 13. The molecule has 11 nitrogen and oxygen atoms in total. The summed E-state index contributed by atoms with van der Waals surface area (Å²) in [6.45, 7) is 1.60. The highest BCUT2D eigenvalue weighted by atomic mass is 16.6. The van der Waals surface area contributed by atoms with Crippen LogP contribution in [-0.2, 0) is 30.3 Å². The quantitative estimate of drug-likeness (QED) is 0.196. The van der Waals surface area contributed by atoms with Gasteiger partial charge in [0.1, 0.15) is 12.6 Å². The first-order chi connectivity index (χ1) is 14.4. The molecule has 0 radical (unpaired) electrons. The average molecular weight is 440 g/mol. The smallest absolute Gasteiger partial charge is 0.324 e. The number of likely N-dealkylation sites (N-methyl/N-ethyl adjacent to an activating group) is 1. The van der Waals surface area contributed by atoms with Crippen LogP contribution >= 0.6 is 0 Å². The molecule has 0 aromatic heterocycles. The summed E-state index contributed by atoms with van der Waals surface area (Å²) in [5.74, 6) is -2.29. The lowest BCUT2D eigenvalue weighted by Gasteiger charge is -2.31. The minimum atomic E-state index is -1.19. The lowest BCUT2D eigenvalue weighted by atomic mass is 10.1. The van der Waals surface area contributed by atoms with Crippen LogP contribution in [0, 0.1) is 10.1 Å². The highest BCUT2D eigenvalue weighted by molar-refractivity contribution is 5.75. The molecule has 0 aliphatic heterocycles. The first-order valence-corrected chi connectivity index (χ1v) is 9.72. The van der Waals surface area contributed by atoms with Crippen molar-refractivity contribution in [3.63, 3.8) is 0 Å². The van der Waals surface area contributed by atoms with Crippen LogP contribution in [0.5, 0.6) is 0 Å². The van der Waals surface area contributed by atoms with Crippen molar-refractivity contribution in [2.75, 3.05) is 40.8 Å². The molecule has 0 bridgehead atoms. The maximum Gasteiger partial charge on any atom is 0.324 e.